The minimum Gasteiger partial charge on any atom is -0.393 e. The molecule has 0 amide bonds. The molecule has 2 atom stereocenters. The first-order chi connectivity index (χ1) is 9.02. The molecule has 6 nitrogen and oxygen atoms in total. The van der Waals surface area contributed by atoms with E-state index in [9.17, 15) is 20.0 Å². The molecule has 0 bridgehead atoms. The van der Waals surface area contributed by atoms with Gasteiger partial charge in [-0.1, -0.05) is 0 Å². The highest BCUT2D eigenvalue weighted by atomic mass is 16.6. The summed E-state index contributed by atoms with van der Waals surface area (Å²) >= 11 is 0. The van der Waals surface area contributed by atoms with Crippen molar-refractivity contribution in [2.45, 2.75) is 19.4 Å². The van der Waals surface area contributed by atoms with Crippen molar-refractivity contribution >= 4 is 17.7 Å². The van der Waals surface area contributed by atoms with Gasteiger partial charge in [-0.3, -0.25) is 14.9 Å². The summed E-state index contributed by atoms with van der Waals surface area (Å²) in [4.78, 5) is 23.1. The van der Waals surface area contributed by atoms with Gasteiger partial charge in [-0.2, -0.15) is 0 Å². The first-order valence-electron chi connectivity index (χ1n) is 6.19. The number of nitrogens with zero attached hydrogens (tertiary/aromatic N) is 2. The van der Waals surface area contributed by atoms with E-state index in [1.54, 1.807) is 13.0 Å². The van der Waals surface area contributed by atoms with Crippen LogP contribution in [0.3, 0.4) is 0 Å². The summed E-state index contributed by atoms with van der Waals surface area (Å²) in [5.41, 5.74) is 0.698. The molecule has 102 valence electrons. The average Bonchev–Trinajstić information content (AvgIpc) is 2.87. The number of carbonyl (C=O) groups is 1. The van der Waals surface area contributed by atoms with E-state index < -0.39 is 4.92 Å². The highest BCUT2D eigenvalue weighted by Gasteiger charge is 2.27. The Morgan fingerprint density at radius 2 is 2.32 bits per heavy atom. The molecule has 1 N–H and O–H groups in total. The number of aliphatic hydroxyl groups excluding tert-OH is 1. The van der Waals surface area contributed by atoms with Gasteiger partial charge >= 0.3 is 0 Å². The Morgan fingerprint density at radius 3 is 2.84 bits per heavy atom. The molecule has 6 heteroatoms. The lowest BCUT2D eigenvalue weighted by molar-refractivity contribution is -0.385. The predicted octanol–water partition coefficient (Wildman–Crippen LogP) is 1.61. The molecule has 1 fully saturated rings. The molecule has 1 aromatic carbocycles. The van der Waals surface area contributed by atoms with Gasteiger partial charge in [0, 0.05) is 30.8 Å². The molecule has 0 aromatic heterocycles. The fraction of sp³-hybridized carbons (Fsp3) is 0.462. The van der Waals surface area contributed by atoms with Crippen LogP contribution < -0.4 is 4.90 Å². The molecule has 2 rings (SSSR count). The topological polar surface area (TPSA) is 83.7 Å². The Balaban J connectivity index is 2.23. The maximum absolute atomic E-state index is 10.9. The Bertz CT molecular complexity index is 501. The summed E-state index contributed by atoms with van der Waals surface area (Å²) in [6.45, 7) is 3.25. The lowest BCUT2D eigenvalue weighted by Crippen LogP contribution is -2.23. The molecule has 0 aliphatic carbocycles. The second-order valence-corrected chi connectivity index (χ2v) is 4.85. The van der Waals surface area contributed by atoms with Crippen molar-refractivity contribution in [1.29, 1.82) is 0 Å². The summed E-state index contributed by atoms with van der Waals surface area (Å²) in [5, 5.41) is 20.3. The summed E-state index contributed by atoms with van der Waals surface area (Å²) in [7, 11) is 0. The monoisotopic (exact) mass is 264 g/mol. The van der Waals surface area contributed by atoms with Crippen molar-refractivity contribution in [1.82, 2.24) is 0 Å². The summed E-state index contributed by atoms with van der Waals surface area (Å²) in [6, 6.07) is 4.54. The minimum atomic E-state index is -0.559. The second-order valence-electron chi connectivity index (χ2n) is 4.85. The Hall–Kier alpha value is -1.95. The standard InChI is InChI=1S/C13H16N2O4/c1-9(17)10-4-5-14(7-10)12-2-3-13(15(18)19)11(6-12)8-16/h2-3,6,8-10,17H,4-5,7H2,1H3. The van der Waals surface area contributed by atoms with Crippen molar-refractivity contribution in [3.8, 4) is 0 Å². The quantitative estimate of drug-likeness (QED) is 0.507. The molecule has 1 aromatic rings. The molecule has 0 spiro atoms. The lowest BCUT2D eigenvalue weighted by atomic mass is 10.0. The zero-order chi connectivity index (χ0) is 14.0. The van der Waals surface area contributed by atoms with Crippen LogP contribution in [-0.4, -0.2) is 35.5 Å². The number of rotatable bonds is 4. The number of hydrogen-bond donors (Lipinski definition) is 1. The van der Waals surface area contributed by atoms with Crippen molar-refractivity contribution in [3.63, 3.8) is 0 Å². The van der Waals surface area contributed by atoms with E-state index in [0.29, 0.717) is 12.8 Å². The molecule has 19 heavy (non-hydrogen) atoms. The normalized spacial score (nSPS) is 20.3. The van der Waals surface area contributed by atoms with E-state index in [1.165, 1.54) is 12.1 Å². The van der Waals surface area contributed by atoms with Gasteiger partial charge in [-0.15, -0.1) is 0 Å². The molecular weight excluding hydrogens is 248 g/mol. The number of benzene rings is 1. The molecule has 0 radical (unpaired) electrons. The molecule has 1 aliphatic rings. The molecular formula is C13H16N2O4. The first-order valence-corrected chi connectivity index (χ1v) is 6.19. The van der Waals surface area contributed by atoms with Gasteiger partial charge in [-0.25, -0.2) is 0 Å². The average molecular weight is 264 g/mol. The van der Waals surface area contributed by atoms with Gasteiger partial charge in [0.15, 0.2) is 6.29 Å². The zero-order valence-electron chi connectivity index (χ0n) is 10.7. The second kappa shape index (κ2) is 5.36. The van der Waals surface area contributed by atoms with Crippen LogP contribution in [-0.2, 0) is 0 Å². The lowest BCUT2D eigenvalue weighted by Gasteiger charge is -2.19. The number of nitro benzene ring substituents is 1. The van der Waals surface area contributed by atoms with Crippen LogP contribution in [0.5, 0.6) is 0 Å². The summed E-state index contributed by atoms with van der Waals surface area (Å²) < 4.78 is 0. The molecule has 2 unspecified atom stereocenters. The van der Waals surface area contributed by atoms with Gasteiger partial charge in [0.25, 0.3) is 5.69 Å². The van der Waals surface area contributed by atoms with E-state index in [0.717, 1.165) is 18.7 Å². The third kappa shape index (κ3) is 2.73. The fourth-order valence-electron chi connectivity index (χ4n) is 2.41. The van der Waals surface area contributed by atoms with Gasteiger partial charge in [0.05, 0.1) is 16.6 Å². The number of aldehydes is 1. The van der Waals surface area contributed by atoms with Crippen LogP contribution in [0, 0.1) is 16.0 Å². The maximum Gasteiger partial charge on any atom is 0.280 e. The highest BCUT2D eigenvalue weighted by Crippen LogP contribution is 2.29. The maximum atomic E-state index is 10.9. The van der Waals surface area contributed by atoms with Crippen molar-refractivity contribution in [3.05, 3.63) is 33.9 Å². The van der Waals surface area contributed by atoms with E-state index in [-0.39, 0.29) is 23.3 Å². The van der Waals surface area contributed by atoms with Crippen molar-refractivity contribution in [2.75, 3.05) is 18.0 Å². The number of anilines is 1. The molecule has 0 saturated carbocycles. The van der Waals surface area contributed by atoms with Gasteiger partial charge in [0.2, 0.25) is 0 Å². The Morgan fingerprint density at radius 1 is 1.58 bits per heavy atom. The highest BCUT2D eigenvalue weighted by molar-refractivity contribution is 5.83. The predicted molar refractivity (Wildman–Crippen MR) is 70.5 cm³/mol. The molecule has 1 saturated heterocycles. The van der Waals surface area contributed by atoms with E-state index in [4.69, 9.17) is 0 Å². The van der Waals surface area contributed by atoms with Gasteiger partial charge < -0.3 is 10.0 Å². The van der Waals surface area contributed by atoms with Crippen LogP contribution in [0.2, 0.25) is 0 Å². The van der Waals surface area contributed by atoms with Crippen LogP contribution in [0.25, 0.3) is 0 Å². The Kier molecular flexibility index (Phi) is 3.80. The van der Waals surface area contributed by atoms with Crippen LogP contribution in [0.15, 0.2) is 18.2 Å². The van der Waals surface area contributed by atoms with Gasteiger partial charge in [-0.05, 0) is 25.5 Å². The van der Waals surface area contributed by atoms with Crippen LogP contribution >= 0.6 is 0 Å². The molecule has 1 aliphatic heterocycles. The van der Waals surface area contributed by atoms with Crippen LogP contribution in [0.4, 0.5) is 11.4 Å². The Labute approximate surface area is 110 Å². The third-order valence-electron chi connectivity index (χ3n) is 3.61. The SMILES string of the molecule is CC(O)C1CCN(c2ccc([N+](=O)[O-])c(C=O)c2)C1. The van der Waals surface area contributed by atoms with E-state index in [1.807, 2.05) is 4.90 Å². The summed E-state index contributed by atoms with van der Waals surface area (Å²) in [6.07, 6.45) is 1.02. The molecule has 1 heterocycles. The van der Waals surface area contributed by atoms with E-state index in [2.05, 4.69) is 0 Å². The van der Waals surface area contributed by atoms with Crippen molar-refractivity contribution < 1.29 is 14.8 Å². The summed E-state index contributed by atoms with van der Waals surface area (Å²) in [5.74, 6) is 0.204. The first kappa shape index (κ1) is 13.5. The smallest absolute Gasteiger partial charge is 0.280 e. The zero-order valence-corrected chi connectivity index (χ0v) is 10.7. The van der Waals surface area contributed by atoms with Gasteiger partial charge in [0.1, 0.15) is 0 Å². The number of nitro groups is 1. The fourth-order valence-corrected chi connectivity index (χ4v) is 2.41. The van der Waals surface area contributed by atoms with E-state index >= 15 is 0 Å². The number of hydrogen-bond acceptors (Lipinski definition) is 5. The largest absolute Gasteiger partial charge is 0.393 e. The minimum absolute atomic E-state index is 0.0861. The van der Waals surface area contributed by atoms with Crippen LogP contribution in [0.1, 0.15) is 23.7 Å². The number of carbonyl (C=O) groups excluding carboxylic acids is 1. The van der Waals surface area contributed by atoms with Crippen molar-refractivity contribution in [2.24, 2.45) is 5.92 Å². The number of aliphatic hydroxyl groups is 1. The third-order valence-corrected chi connectivity index (χ3v) is 3.61.